The van der Waals surface area contributed by atoms with E-state index in [1.165, 1.54) is 6.08 Å². The van der Waals surface area contributed by atoms with Crippen LogP contribution in [0.4, 0.5) is 5.69 Å². The normalized spacial score (nSPS) is 10.3. The van der Waals surface area contributed by atoms with E-state index in [9.17, 15) is 4.79 Å². The topological polar surface area (TPSA) is 90.0 Å². The molecule has 6 nitrogen and oxygen atoms in total. The van der Waals surface area contributed by atoms with Crippen molar-refractivity contribution in [1.82, 2.24) is 4.98 Å². The number of nitriles is 2. The molecule has 0 amide bonds. The summed E-state index contributed by atoms with van der Waals surface area (Å²) in [7, 11) is 1.95. The second kappa shape index (κ2) is 10.6. The highest BCUT2D eigenvalue weighted by Gasteiger charge is 2.14. The molecule has 0 aliphatic heterocycles. The Morgan fingerprint density at radius 2 is 1.88 bits per heavy atom. The third kappa shape index (κ3) is 5.41. The highest BCUT2D eigenvalue weighted by molar-refractivity contribution is 6.17. The van der Waals surface area contributed by atoms with Crippen molar-refractivity contribution in [1.29, 1.82) is 10.5 Å². The number of carbonyl (C=O) groups excluding carboxylic acids is 1. The lowest BCUT2D eigenvalue weighted by Crippen LogP contribution is -2.19. The number of allylic oxidation sites excluding steroid dienone is 1. The number of aryl methyl sites for hydroxylation is 1. The van der Waals surface area contributed by atoms with E-state index >= 15 is 0 Å². The van der Waals surface area contributed by atoms with Crippen LogP contribution < -0.4 is 9.55 Å². The summed E-state index contributed by atoms with van der Waals surface area (Å²) in [4.78, 5) is 17.6. The van der Waals surface area contributed by atoms with Gasteiger partial charge in [0.05, 0.1) is 29.0 Å². The van der Waals surface area contributed by atoms with Gasteiger partial charge in [-0.05, 0) is 66.6 Å². The highest BCUT2D eigenvalue weighted by atomic mass is 16.5. The molecule has 0 spiro atoms. The van der Waals surface area contributed by atoms with Gasteiger partial charge in [0, 0.05) is 24.0 Å². The third-order valence-electron chi connectivity index (χ3n) is 4.96. The SMILES string of the molecule is BN(Cc1cnc(C)c(OCc2cccc(C#N)c2)c1/C=C/C=O)c1ccc(C#N)cc1. The summed E-state index contributed by atoms with van der Waals surface area (Å²) in [5.41, 5.74) is 5.36. The summed E-state index contributed by atoms with van der Waals surface area (Å²) >= 11 is 0. The van der Waals surface area contributed by atoms with Crippen molar-refractivity contribution in [2.75, 3.05) is 4.81 Å². The average Bonchev–Trinajstić information content (AvgIpc) is 2.83. The number of rotatable bonds is 8. The van der Waals surface area contributed by atoms with E-state index in [-0.39, 0.29) is 6.61 Å². The smallest absolute Gasteiger partial charge is 0.217 e. The third-order valence-corrected chi connectivity index (χ3v) is 4.96. The number of ether oxygens (including phenoxy) is 1. The first-order chi connectivity index (χ1) is 15.5. The van der Waals surface area contributed by atoms with Crippen LogP contribution in [0.3, 0.4) is 0 Å². The number of benzene rings is 2. The molecule has 0 saturated heterocycles. The van der Waals surface area contributed by atoms with Crippen LogP contribution in [0.2, 0.25) is 0 Å². The van der Waals surface area contributed by atoms with Crippen molar-refractivity contribution < 1.29 is 9.53 Å². The van der Waals surface area contributed by atoms with Crippen LogP contribution in [0, 0.1) is 29.6 Å². The standard InChI is InChI=1S/C25H21BN4O2/c1-18-25(32-17-21-5-2-4-20(12-21)14-28)24(6-3-11-31)22(15-29-18)16-30(26)23-9-7-19(13-27)8-10-23/h2-12,15H,16-17,26H2,1H3/b6-3+. The average molecular weight is 420 g/mol. The molecule has 7 heteroatoms. The number of hydrogen-bond donors (Lipinski definition) is 0. The summed E-state index contributed by atoms with van der Waals surface area (Å²) in [6.07, 6.45) is 5.67. The van der Waals surface area contributed by atoms with Gasteiger partial charge >= 0.3 is 0 Å². The van der Waals surface area contributed by atoms with Gasteiger partial charge in [0.1, 0.15) is 18.6 Å². The van der Waals surface area contributed by atoms with Crippen molar-refractivity contribution in [2.45, 2.75) is 20.1 Å². The van der Waals surface area contributed by atoms with Crippen LogP contribution in [0.5, 0.6) is 5.75 Å². The number of carbonyl (C=O) groups is 1. The van der Waals surface area contributed by atoms with Crippen molar-refractivity contribution in [2.24, 2.45) is 0 Å². The fourth-order valence-corrected chi connectivity index (χ4v) is 3.29. The molecule has 32 heavy (non-hydrogen) atoms. The van der Waals surface area contributed by atoms with E-state index in [1.807, 2.05) is 44.0 Å². The van der Waals surface area contributed by atoms with Gasteiger partial charge in [-0.25, -0.2) is 0 Å². The second-order valence-corrected chi connectivity index (χ2v) is 7.22. The molecule has 0 bridgehead atoms. The van der Waals surface area contributed by atoms with Crippen LogP contribution in [-0.4, -0.2) is 19.3 Å². The van der Waals surface area contributed by atoms with Crippen LogP contribution in [0.15, 0.2) is 60.8 Å². The molecule has 0 atom stereocenters. The Bertz CT molecular complexity index is 1220. The minimum absolute atomic E-state index is 0.273. The monoisotopic (exact) mass is 420 g/mol. The number of aldehydes is 1. The Kier molecular flexibility index (Phi) is 7.40. The Balaban J connectivity index is 1.90. The first kappa shape index (κ1) is 22.3. The zero-order valence-corrected chi connectivity index (χ0v) is 17.9. The molecule has 2 aromatic carbocycles. The van der Waals surface area contributed by atoms with Gasteiger partial charge in [-0.15, -0.1) is 0 Å². The molecule has 0 aliphatic carbocycles. The molecule has 0 aliphatic rings. The number of nitrogens with zero attached hydrogens (tertiary/aromatic N) is 4. The van der Waals surface area contributed by atoms with E-state index in [0.29, 0.717) is 29.1 Å². The molecule has 3 rings (SSSR count). The van der Waals surface area contributed by atoms with Gasteiger partial charge < -0.3 is 9.55 Å². The van der Waals surface area contributed by atoms with Crippen LogP contribution in [0.25, 0.3) is 6.08 Å². The molecule has 3 aromatic rings. The van der Waals surface area contributed by atoms with Gasteiger partial charge in [-0.3, -0.25) is 9.78 Å². The van der Waals surface area contributed by atoms with Crippen molar-refractivity contribution in [3.63, 3.8) is 0 Å². The summed E-state index contributed by atoms with van der Waals surface area (Å²) in [6, 6.07) is 18.8. The Hall–Kier alpha value is -4.36. The molecule has 1 heterocycles. The van der Waals surface area contributed by atoms with Gasteiger partial charge in [0.15, 0.2) is 0 Å². The van der Waals surface area contributed by atoms with Crippen molar-refractivity contribution >= 4 is 26.0 Å². The first-order valence-corrected chi connectivity index (χ1v) is 9.99. The van der Waals surface area contributed by atoms with E-state index in [2.05, 4.69) is 17.1 Å². The summed E-state index contributed by atoms with van der Waals surface area (Å²) in [5.74, 6) is 0.594. The van der Waals surface area contributed by atoms with Crippen LogP contribution in [-0.2, 0) is 17.9 Å². The van der Waals surface area contributed by atoms with Crippen molar-refractivity contribution in [3.05, 3.63) is 94.3 Å². The van der Waals surface area contributed by atoms with Gasteiger partial charge in [0.2, 0.25) is 7.98 Å². The molecular weight excluding hydrogens is 399 g/mol. The number of anilines is 1. The minimum atomic E-state index is 0.273. The van der Waals surface area contributed by atoms with Crippen LogP contribution in [0.1, 0.15) is 33.5 Å². The summed E-state index contributed by atoms with van der Waals surface area (Å²) in [5, 5.41) is 18.1. The molecule has 0 radical (unpaired) electrons. The summed E-state index contributed by atoms with van der Waals surface area (Å²) < 4.78 is 6.12. The van der Waals surface area contributed by atoms with Gasteiger partial charge in [-0.2, -0.15) is 10.5 Å². The van der Waals surface area contributed by atoms with E-state index in [1.54, 1.807) is 36.5 Å². The maximum absolute atomic E-state index is 11.0. The number of pyridine rings is 1. The zero-order chi connectivity index (χ0) is 22.9. The number of aromatic nitrogens is 1. The molecule has 0 N–H and O–H groups in total. The lowest BCUT2D eigenvalue weighted by Gasteiger charge is -2.23. The summed E-state index contributed by atoms with van der Waals surface area (Å²) in [6.45, 7) is 2.65. The zero-order valence-electron chi connectivity index (χ0n) is 17.9. The van der Waals surface area contributed by atoms with Crippen LogP contribution >= 0.6 is 0 Å². The number of hydrogen-bond acceptors (Lipinski definition) is 6. The quantitative estimate of drug-likeness (QED) is 0.315. The Labute approximate surface area is 188 Å². The predicted molar refractivity (Wildman–Crippen MR) is 125 cm³/mol. The van der Waals surface area contributed by atoms with E-state index < -0.39 is 0 Å². The maximum atomic E-state index is 11.0. The van der Waals surface area contributed by atoms with Crippen molar-refractivity contribution in [3.8, 4) is 17.9 Å². The predicted octanol–water partition coefficient (Wildman–Crippen LogP) is 3.48. The van der Waals surface area contributed by atoms with E-state index in [4.69, 9.17) is 15.3 Å². The van der Waals surface area contributed by atoms with Gasteiger partial charge in [-0.1, -0.05) is 12.1 Å². The molecule has 0 unspecified atom stereocenters. The first-order valence-electron chi connectivity index (χ1n) is 9.99. The fourth-order valence-electron chi connectivity index (χ4n) is 3.29. The minimum Gasteiger partial charge on any atom is -0.486 e. The van der Waals surface area contributed by atoms with Gasteiger partial charge in [0.25, 0.3) is 0 Å². The maximum Gasteiger partial charge on any atom is 0.217 e. The second-order valence-electron chi connectivity index (χ2n) is 7.22. The largest absolute Gasteiger partial charge is 0.486 e. The highest BCUT2D eigenvalue weighted by Crippen LogP contribution is 2.29. The molecular formula is C25H21BN4O2. The molecule has 1 aromatic heterocycles. The molecule has 156 valence electrons. The lowest BCUT2D eigenvalue weighted by molar-refractivity contribution is -0.104. The Morgan fingerprint density at radius 1 is 1.12 bits per heavy atom. The lowest BCUT2D eigenvalue weighted by atomic mass is 10.0. The Morgan fingerprint density at radius 3 is 2.56 bits per heavy atom. The fraction of sp³-hybridized carbons (Fsp3) is 0.120. The molecule has 0 fully saturated rings. The molecule has 0 saturated carbocycles. The van der Waals surface area contributed by atoms with E-state index in [0.717, 1.165) is 28.7 Å².